The summed E-state index contributed by atoms with van der Waals surface area (Å²) in [7, 11) is 2.09. The minimum absolute atomic E-state index is 0.458. The van der Waals surface area contributed by atoms with E-state index in [1.807, 2.05) is 13.0 Å². The Bertz CT molecular complexity index is 547. The molecule has 0 radical (unpaired) electrons. The summed E-state index contributed by atoms with van der Waals surface area (Å²) in [5, 5.41) is 2.10. The molecule has 0 atom stereocenters. The van der Waals surface area contributed by atoms with Gasteiger partial charge in [-0.3, -0.25) is 0 Å². The van der Waals surface area contributed by atoms with E-state index in [4.69, 9.17) is 18.0 Å². The SMILES string of the molecule is Cc1cc(N(C)Cc2cccs2)ccc1C(N)=S. The van der Waals surface area contributed by atoms with Crippen LogP contribution < -0.4 is 10.6 Å². The summed E-state index contributed by atoms with van der Waals surface area (Å²) in [6, 6.07) is 10.4. The van der Waals surface area contributed by atoms with Gasteiger partial charge >= 0.3 is 0 Å². The molecule has 4 heteroatoms. The number of anilines is 1. The molecule has 2 nitrogen and oxygen atoms in total. The quantitative estimate of drug-likeness (QED) is 0.869. The fourth-order valence-electron chi connectivity index (χ4n) is 1.89. The van der Waals surface area contributed by atoms with Crippen molar-refractivity contribution in [1.29, 1.82) is 0 Å². The molecule has 1 aromatic carbocycles. The van der Waals surface area contributed by atoms with Crippen molar-refractivity contribution in [2.24, 2.45) is 5.73 Å². The molecule has 0 unspecified atom stereocenters. The van der Waals surface area contributed by atoms with Crippen LogP contribution in [-0.2, 0) is 6.54 Å². The van der Waals surface area contributed by atoms with Gasteiger partial charge in [0.1, 0.15) is 4.99 Å². The van der Waals surface area contributed by atoms with Crippen LogP contribution in [0.25, 0.3) is 0 Å². The van der Waals surface area contributed by atoms with E-state index < -0.39 is 0 Å². The van der Waals surface area contributed by atoms with E-state index >= 15 is 0 Å². The summed E-state index contributed by atoms with van der Waals surface area (Å²) in [4.78, 5) is 4.04. The third-order valence-corrected chi connectivity index (χ3v) is 3.97. The van der Waals surface area contributed by atoms with Crippen molar-refractivity contribution in [3.05, 3.63) is 51.7 Å². The molecule has 0 aliphatic carbocycles. The van der Waals surface area contributed by atoms with Gasteiger partial charge in [0.15, 0.2) is 0 Å². The van der Waals surface area contributed by atoms with Crippen molar-refractivity contribution in [2.75, 3.05) is 11.9 Å². The molecule has 2 aromatic rings. The second-order valence-corrected chi connectivity index (χ2v) is 5.77. The third kappa shape index (κ3) is 2.89. The topological polar surface area (TPSA) is 29.3 Å². The highest BCUT2D eigenvalue weighted by Gasteiger charge is 2.06. The standard InChI is InChI=1S/C14H16N2S2/c1-10-8-11(5-6-13(10)14(15)17)16(2)9-12-4-3-7-18-12/h3-8H,9H2,1-2H3,(H2,15,17). The van der Waals surface area contributed by atoms with Gasteiger partial charge in [0, 0.05) is 23.2 Å². The van der Waals surface area contributed by atoms with Gasteiger partial charge in [-0.25, -0.2) is 0 Å². The van der Waals surface area contributed by atoms with Gasteiger partial charge in [0.25, 0.3) is 0 Å². The highest BCUT2D eigenvalue weighted by Crippen LogP contribution is 2.21. The second-order valence-electron chi connectivity index (χ2n) is 4.30. The van der Waals surface area contributed by atoms with Crippen molar-refractivity contribution in [2.45, 2.75) is 13.5 Å². The first-order valence-corrected chi connectivity index (χ1v) is 7.00. The first-order chi connectivity index (χ1) is 8.58. The monoisotopic (exact) mass is 276 g/mol. The largest absolute Gasteiger partial charge is 0.389 e. The summed E-state index contributed by atoms with van der Waals surface area (Å²) in [5.74, 6) is 0. The summed E-state index contributed by atoms with van der Waals surface area (Å²) < 4.78 is 0. The Hall–Kier alpha value is -1.39. The van der Waals surface area contributed by atoms with Crippen molar-refractivity contribution in [3.8, 4) is 0 Å². The summed E-state index contributed by atoms with van der Waals surface area (Å²) in [6.45, 7) is 2.96. The molecule has 1 heterocycles. The number of rotatable bonds is 4. The molecular formula is C14H16N2S2. The number of thiocarbonyl (C=S) groups is 1. The summed E-state index contributed by atoms with van der Waals surface area (Å²) >= 11 is 6.79. The van der Waals surface area contributed by atoms with Crippen molar-refractivity contribution >= 4 is 34.2 Å². The van der Waals surface area contributed by atoms with Gasteiger partial charge in [-0.2, -0.15) is 0 Å². The predicted molar refractivity (Wildman–Crippen MR) is 83.5 cm³/mol. The molecule has 2 N–H and O–H groups in total. The van der Waals surface area contributed by atoms with Crippen LogP contribution >= 0.6 is 23.6 Å². The molecule has 0 bridgehead atoms. The lowest BCUT2D eigenvalue weighted by Crippen LogP contribution is -2.17. The van der Waals surface area contributed by atoms with Crippen LogP contribution in [0.2, 0.25) is 0 Å². The second kappa shape index (κ2) is 5.50. The Labute approximate surface area is 117 Å². The van der Waals surface area contributed by atoms with Gasteiger partial charge in [-0.1, -0.05) is 18.3 Å². The summed E-state index contributed by atoms with van der Waals surface area (Å²) in [6.07, 6.45) is 0. The van der Waals surface area contributed by atoms with Crippen LogP contribution in [0.5, 0.6) is 0 Å². The normalized spacial score (nSPS) is 10.3. The first kappa shape index (κ1) is 13.1. The van der Waals surface area contributed by atoms with E-state index in [0.717, 1.165) is 17.7 Å². The maximum Gasteiger partial charge on any atom is 0.104 e. The number of aryl methyl sites for hydroxylation is 1. The van der Waals surface area contributed by atoms with Crippen LogP contribution in [0, 0.1) is 6.92 Å². The molecule has 0 saturated carbocycles. The predicted octanol–water partition coefficient (Wildman–Crippen LogP) is 3.33. The van der Waals surface area contributed by atoms with Gasteiger partial charge < -0.3 is 10.6 Å². The molecule has 1 aromatic heterocycles. The number of hydrogen-bond donors (Lipinski definition) is 1. The van der Waals surface area contributed by atoms with Crippen molar-refractivity contribution < 1.29 is 0 Å². The number of benzene rings is 1. The van der Waals surface area contributed by atoms with Gasteiger partial charge in [-0.05, 0) is 42.1 Å². The van der Waals surface area contributed by atoms with Crippen molar-refractivity contribution in [3.63, 3.8) is 0 Å². The van der Waals surface area contributed by atoms with Crippen LogP contribution in [-0.4, -0.2) is 12.0 Å². The van der Waals surface area contributed by atoms with E-state index in [1.54, 1.807) is 11.3 Å². The Balaban J connectivity index is 2.18. The van der Waals surface area contributed by atoms with Crippen molar-refractivity contribution in [1.82, 2.24) is 0 Å². The van der Waals surface area contributed by atoms with Gasteiger partial charge in [0.05, 0.1) is 6.54 Å². The average Bonchev–Trinajstić information content (AvgIpc) is 2.81. The van der Waals surface area contributed by atoms with E-state index in [9.17, 15) is 0 Å². The highest BCUT2D eigenvalue weighted by molar-refractivity contribution is 7.80. The molecule has 0 fully saturated rings. The lowest BCUT2D eigenvalue weighted by atomic mass is 10.1. The van der Waals surface area contributed by atoms with E-state index in [0.29, 0.717) is 4.99 Å². The number of nitrogens with two attached hydrogens (primary N) is 1. The number of nitrogens with zero attached hydrogens (tertiary/aromatic N) is 1. The zero-order valence-corrected chi connectivity index (χ0v) is 12.1. The summed E-state index contributed by atoms with van der Waals surface area (Å²) in [5.41, 5.74) is 8.93. The molecule has 0 aliphatic heterocycles. The Morgan fingerprint density at radius 2 is 2.17 bits per heavy atom. The number of hydrogen-bond acceptors (Lipinski definition) is 3. The smallest absolute Gasteiger partial charge is 0.104 e. The third-order valence-electron chi connectivity index (χ3n) is 2.89. The number of thiophene rings is 1. The molecule has 0 spiro atoms. The lowest BCUT2D eigenvalue weighted by molar-refractivity contribution is 0.939. The van der Waals surface area contributed by atoms with Gasteiger partial charge in [-0.15, -0.1) is 11.3 Å². The Morgan fingerprint density at radius 1 is 1.39 bits per heavy atom. The van der Waals surface area contributed by atoms with Crippen LogP contribution in [0.1, 0.15) is 16.0 Å². The molecule has 2 rings (SSSR count). The molecule has 18 heavy (non-hydrogen) atoms. The van der Waals surface area contributed by atoms with Crippen LogP contribution in [0.3, 0.4) is 0 Å². The fourth-order valence-corrected chi connectivity index (χ4v) is 2.88. The van der Waals surface area contributed by atoms with E-state index in [2.05, 4.69) is 41.6 Å². The molecular weight excluding hydrogens is 260 g/mol. The molecule has 0 saturated heterocycles. The van der Waals surface area contributed by atoms with Crippen LogP contribution in [0.15, 0.2) is 35.7 Å². The highest BCUT2D eigenvalue weighted by atomic mass is 32.1. The maximum atomic E-state index is 5.67. The zero-order valence-electron chi connectivity index (χ0n) is 10.5. The molecule has 0 amide bonds. The zero-order chi connectivity index (χ0) is 13.1. The lowest BCUT2D eigenvalue weighted by Gasteiger charge is -2.19. The molecule has 0 aliphatic rings. The van der Waals surface area contributed by atoms with E-state index in [-0.39, 0.29) is 0 Å². The Morgan fingerprint density at radius 3 is 2.72 bits per heavy atom. The first-order valence-electron chi connectivity index (χ1n) is 5.72. The minimum atomic E-state index is 0.458. The minimum Gasteiger partial charge on any atom is -0.389 e. The van der Waals surface area contributed by atoms with Crippen LogP contribution in [0.4, 0.5) is 5.69 Å². The fraction of sp³-hybridized carbons (Fsp3) is 0.214. The molecule has 94 valence electrons. The van der Waals surface area contributed by atoms with E-state index in [1.165, 1.54) is 10.6 Å². The van der Waals surface area contributed by atoms with Gasteiger partial charge in [0.2, 0.25) is 0 Å². The average molecular weight is 276 g/mol. The maximum absolute atomic E-state index is 5.67. The Kier molecular flexibility index (Phi) is 3.99.